The molecule has 1 fully saturated rings. The third kappa shape index (κ3) is 3.63. The summed E-state index contributed by atoms with van der Waals surface area (Å²) >= 11 is 0. The Morgan fingerprint density at radius 3 is 2.59 bits per heavy atom. The van der Waals surface area contributed by atoms with Crippen molar-refractivity contribution < 1.29 is 27.4 Å². The Kier molecular flexibility index (Phi) is 5.49. The normalized spacial score (nSPS) is 16.5. The molecule has 0 saturated carbocycles. The van der Waals surface area contributed by atoms with Crippen molar-refractivity contribution in [2.45, 2.75) is 31.5 Å². The number of ether oxygens (including phenoxy) is 3. The van der Waals surface area contributed by atoms with Crippen LogP contribution in [0, 0.1) is 0 Å². The van der Waals surface area contributed by atoms with Gasteiger partial charge in [-0.15, -0.1) is 0 Å². The maximum absolute atomic E-state index is 12.1. The molecule has 0 aliphatic carbocycles. The molecule has 0 amide bonds. The molecule has 1 aromatic rings. The van der Waals surface area contributed by atoms with Crippen molar-refractivity contribution >= 4 is 15.8 Å². The van der Waals surface area contributed by atoms with Crippen LogP contribution in [0.25, 0.3) is 0 Å². The minimum absolute atomic E-state index is 0.128. The van der Waals surface area contributed by atoms with Gasteiger partial charge in [0, 0.05) is 0 Å². The van der Waals surface area contributed by atoms with Crippen LogP contribution in [0.2, 0.25) is 0 Å². The number of aromatic nitrogens is 1. The maximum atomic E-state index is 12.1. The molecule has 1 aliphatic rings. The standard InChI is InChI=1S/C14H19NO6S/c1-3-19-13(16)12-11(22(17,18)4-2)7-6-10(15-12)14-20-8-5-9-21-14/h6-7,14H,3-5,8-9H2,1-2H3. The van der Waals surface area contributed by atoms with Crippen LogP contribution < -0.4 is 0 Å². The van der Waals surface area contributed by atoms with Gasteiger partial charge in [-0.05, 0) is 25.5 Å². The van der Waals surface area contributed by atoms with Crippen molar-refractivity contribution in [1.29, 1.82) is 0 Å². The molecular formula is C14H19NO6S. The van der Waals surface area contributed by atoms with Gasteiger partial charge in [-0.2, -0.15) is 0 Å². The lowest BCUT2D eigenvalue weighted by Gasteiger charge is -2.23. The molecule has 1 aromatic heterocycles. The van der Waals surface area contributed by atoms with Gasteiger partial charge in [0.15, 0.2) is 15.5 Å². The quantitative estimate of drug-likeness (QED) is 0.756. The van der Waals surface area contributed by atoms with Crippen LogP contribution in [-0.2, 0) is 24.0 Å². The third-order valence-corrected chi connectivity index (χ3v) is 4.89. The van der Waals surface area contributed by atoms with Gasteiger partial charge >= 0.3 is 5.97 Å². The first-order valence-electron chi connectivity index (χ1n) is 7.13. The van der Waals surface area contributed by atoms with E-state index < -0.39 is 22.1 Å². The number of sulfone groups is 1. The van der Waals surface area contributed by atoms with Crippen molar-refractivity contribution in [3.63, 3.8) is 0 Å². The van der Waals surface area contributed by atoms with Crippen LogP contribution in [0.4, 0.5) is 0 Å². The average Bonchev–Trinajstić information content (AvgIpc) is 2.55. The van der Waals surface area contributed by atoms with Crippen LogP contribution in [0.1, 0.15) is 42.7 Å². The molecule has 122 valence electrons. The summed E-state index contributed by atoms with van der Waals surface area (Å²) in [6, 6.07) is 2.86. The van der Waals surface area contributed by atoms with E-state index in [4.69, 9.17) is 14.2 Å². The molecule has 22 heavy (non-hydrogen) atoms. The summed E-state index contributed by atoms with van der Waals surface area (Å²) in [5.74, 6) is -0.899. The fourth-order valence-electron chi connectivity index (χ4n) is 2.00. The molecule has 1 aliphatic heterocycles. The van der Waals surface area contributed by atoms with E-state index >= 15 is 0 Å². The first-order valence-corrected chi connectivity index (χ1v) is 8.78. The summed E-state index contributed by atoms with van der Waals surface area (Å²) in [6.07, 6.45) is 0.0871. The summed E-state index contributed by atoms with van der Waals surface area (Å²) in [6.45, 7) is 4.33. The van der Waals surface area contributed by atoms with Gasteiger partial charge in [0.1, 0.15) is 4.90 Å². The largest absolute Gasteiger partial charge is 0.461 e. The van der Waals surface area contributed by atoms with Gasteiger partial charge in [0.2, 0.25) is 6.29 Å². The molecule has 0 N–H and O–H groups in total. The number of pyridine rings is 1. The number of esters is 1. The number of carbonyl (C=O) groups is 1. The first-order chi connectivity index (χ1) is 10.5. The highest BCUT2D eigenvalue weighted by atomic mass is 32.2. The smallest absolute Gasteiger partial charge is 0.358 e. The Morgan fingerprint density at radius 2 is 2.00 bits per heavy atom. The second kappa shape index (κ2) is 7.17. The monoisotopic (exact) mass is 329 g/mol. The fourth-order valence-corrected chi connectivity index (χ4v) is 3.01. The van der Waals surface area contributed by atoms with Crippen molar-refractivity contribution in [2.75, 3.05) is 25.6 Å². The van der Waals surface area contributed by atoms with Gasteiger partial charge in [-0.3, -0.25) is 0 Å². The van der Waals surface area contributed by atoms with E-state index in [0.29, 0.717) is 18.9 Å². The first kappa shape index (κ1) is 16.9. The molecule has 0 atom stereocenters. The maximum Gasteiger partial charge on any atom is 0.358 e. The van der Waals surface area contributed by atoms with Crippen molar-refractivity contribution in [3.8, 4) is 0 Å². The number of carbonyl (C=O) groups excluding carboxylic acids is 1. The predicted octanol–water partition coefficient (Wildman–Crippen LogP) is 1.49. The van der Waals surface area contributed by atoms with Crippen molar-refractivity contribution in [2.24, 2.45) is 0 Å². The second-order valence-corrected chi connectivity index (χ2v) is 6.88. The van der Waals surface area contributed by atoms with E-state index in [9.17, 15) is 13.2 Å². The molecule has 0 unspecified atom stereocenters. The summed E-state index contributed by atoms with van der Waals surface area (Å²) < 4.78 is 40.0. The van der Waals surface area contributed by atoms with E-state index in [0.717, 1.165) is 6.42 Å². The fraction of sp³-hybridized carbons (Fsp3) is 0.571. The van der Waals surface area contributed by atoms with E-state index in [2.05, 4.69) is 4.98 Å². The lowest BCUT2D eigenvalue weighted by molar-refractivity contribution is -0.185. The van der Waals surface area contributed by atoms with Crippen LogP contribution in [-0.4, -0.2) is 44.9 Å². The summed E-state index contributed by atoms with van der Waals surface area (Å²) in [5, 5.41) is 0. The highest BCUT2D eigenvalue weighted by molar-refractivity contribution is 7.91. The average molecular weight is 329 g/mol. The van der Waals surface area contributed by atoms with Crippen LogP contribution >= 0.6 is 0 Å². The van der Waals surface area contributed by atoms with Gasteiger partial charge in [0.25, 0.3) is 0 Å². The molecule has 2 rings (SSSR count). The highest BCUT2D eigenvalue weighted by Gasteiger charge is 2.27. The van der Waals surface area contributed by atoms with Crippen LogP contribution in [0.15, 0.2) is 17.0 Å². The van der Waals surface area contributed by atoms with Gasteiger partial charge < -0.3 is 14.2 Å². The Morgan fingerprint density at radius 1 is 1.32 bits per heavy atom. The molecule has 0 radical (unpaired) electrons. The van der Waals surface area contributed by atoms with Gasteiger partial charge in [0.05, 0.1) is 31.3 Å². The van der Waals surface area contributed by atoms with Crippen molar-refractivity contribution in [1.82, 2.24) is 4.98 Å². The number of hydrogen-bond donors (Lipinski definition) is 0. The highest BCUT2D eigenvalue weighted by Crippen LogP contribution is 2.25. The number of hydrogen-bond acceptors (Lipinski definition) is 7. The molecule has 0 spiro atoms. The van der Waals surface area contributed by atoms with Gasteiger partial charge in [-0.25, -0.2) is 18.2 Å². The number of rotatable bonds is 5. The summed E-state index contributed by atoms with van der Waals surface area (Å²) in [5.41, 5.74) is 0.136. The van der Waals surface area contributed by atoms with E-state index in [-0.39, 0.29) is 22.9 Å². The zero-order chi connectivity index (χ0) is 16.2. The summed E-state index contributed by atoms with van der Waals surface area (Å²) in [4.78, 5) is 16.0. The Labute approximate surface area is 129 Å². The predicted molar refractivity (Wildman–Crippen MR) is 77.2 cm³/mol. The van der Waals surface area contributed by atoms with E-state index in [1.807, 2.05) is 0 Å². The minimum Gasteiger partial charge on any atom is -0.461 e. The van der Waals surface area contributed by atoms with Gasteiger partial charge in [-0.1, -0.05) is 6.92 Å². The Bertz CT molecular complexity index is 637. The molecular weight excluding hydrogens is 310 g/mol. The molecule has 7 nitrogen and oxygen atoms in total. The third-order valence-electron chi connectivity index (χ3n) is 3.13. The molecule has 0 bridgehead atoms. The van der Waals surface area contributed by atoms with E-state index in [1.54, 1.807) is 6.92 Å². The molecule has 1 saturated heterocycles. The Balaban J connectivity index is 2.45. The zero-order valence-corrected chi connectivity index (χ0v) is 13.4. The van der Waals surface area contributed by atoms with Crippen molar-refractivity contribution in [3.05, 3.63) is 23.5 Å². The van der Waals surface area contributed by atoms with Crippen LogP contribution in [0.5, 0.6) is 0 Å². The second-order valence-electron chi connectivity index (χ2n) is 4.63. The number of nitrogens with zero attached hydrogens (tertiary/aromatic N) is 1. The zero-order valence-electron chi connectivity index (χ0n) is 12.6. The molecule has 0 aromatic carbocycles. The lowest BCUT2D eigenvalue weighted by Crippen LogP contribution is -2.21. The van der Waals surface area contributed by atoms with E-state index in [1.165, 1.54) is 19.1 Å². The molecule has 8 heteroatoms. The van der Waals surface area contributed by atoms with Crippen LogP contribution in [0.3, 0.4) is 0 Å². The minimum atomic E-state index is -3.58. The Hall–Kier alpha value is -1.51. The lowest BCUT2D eigenvalue weighted by atomic mass is 10.2. The summed E-state index contributed by atoms with van der Waals surface area (Å²) in [7, 11) is -3.58. The molecule has 2 heterocycles. The SMILES string of the molecule is CCOC(=O)c1nc(C2OCCCO2)ccc1S(=O)(=O)CC. The topological polar surface area (TPSA) is 91.8 Å².